The molecule has 6 heteroatoms. The maximum atomic E-state index is 6.22. The molecule has 3 aromatic heterocycles. The van der Waals surface area contributed by atoms with Gasteiger partial charge in [-0.05, 0) is 43.2 Å². The molecule has 0 aliphatic carbocycles. The number of rotatable bonds is 3. The van der Waals surface area contributed by atoms with Crippen molar-refractivity contribution < 1.29 is 0 Å². The van der Waals surface area contributed by atoms with E-state index in [1.807, 2.05) is 36.0 Å². The fourth-order valence-corrected chi connectivity index (χ4v) is 4.47. The van der Waals surface area contributed by atoms with Gasteiger partial charge in [-0.15, -0.1) is 11.3 Å². The molecule has 0 radical (unpaired) electrons. The fourth-order valence-electron chi connectivity index (χ4n) is 3.86. The Hall–Kier alpha value is -2.83. The maximum Gasteiger partial charge on any atom is 0.141 e. The summed E-state index contributed by atoms with van der Waals surface area (Å²) in [5.74, 6) is 0. The lowest BCUT2D eigenvalue weighted by Crippen LogP contribution is -2.42. The topological polar surface area (TPSA) is 67.9 Å². The van der Waals surface area contributed by atoms with Crippen LogP contribution in [0.4, 0.5) is 5.69 Å². The van der Waals surface area contributed by atoms with Gasteiger partial charge in [0.2, 0.25) is 0 Å². The first kappa shape index (κ1) is 17.3. The number of hydrogen-bond donors (Lipinski definition) is 1. The third-order valence-electron chi connectivity index (χ3n) is 5.21. The van der Waals surface area contributed by atoms with E-state index in [0.717, 1.165) is 58.8 Å². The molecule has 1 atom stereocenters. The number of fused-ring (bicyclic) bond motifs is 1. The van der Waals surface area contributed by atoms with Crippen molar-refractivity contribution in [3.63, 3.8) is 0 Å². The van der Waals surface area contributed by atoms with E-state index in [2.05, 4.69) is 39.1 Å². The van der Waals surface area contributed by atoms with E-state index in [4.69, 9.17) is 10.7 Å². The Morgan fingerprint density at radius 3 is 2.82 bits per heavy atom. The van der Waals surface area contributed by atoms with Gasteiger partial charge in [-0.1, -0.05) is 12.1 Å². The third kappa shape index (κ3) is 3.25. The van der Waals surface area contributed by atoms with Gasteiger partial charge in [0.1, 0.15) is 5.01 Å². The molecular weight excluding hydrogens is 366 g/mol. The molecule has 4 heterocycles. The maximum absolute atomic E-state index is 6.22. The molecule has 1 aliphatic rings. The molecule has 140 valence electrons. The predicted octanol–water partition coefficient (Wildman–Crippen LogP) is 4.35. The molecule has 1 saturated heterocycles. The molecule has 1 unspecified atom stereocenters. The molecule has 0 saturated carbocycles. The quantitative estimate of drug-likeness (QED) is 0.566. The molecule has 1 aromatic carbocycles. The molecule has 2 N–H and O–H groups in total. The van der Waals surface area contributed by atoms with E-state index < -0.39 is 0 Å². The lowest BCUT2D eigenvalue weighted by atomic mass is 10.0. The molecule has 1 fully saturated rings. The lowest BCUT2D eigenvalue weighted by Gasteiger charge is -2.33. The van der Waals surface area contributed by atoms with E-state index in [1.165, 1.54) is 5.69 Å². The van der Waals surface area contributed by atoms with Crippen molar-refractivity contribution >= 4 is 27.9 Å². The molecule has 0 amide bonds. The number of nitrogens with two attached hydrogens (primary N) is 1. The first-order chi connectivity index (χ1) is 13.8. The summed E-state index contributed by atoms with van der Waals surface area (Å²) in [6, 6.07) is 14.8. The monoisotopic (exact) mass is 387 g/mol. The zero-order chi connectivity index (χ0) is 18.9. The number of anilines is 1. The third-order valence-corrected chi connectivity index (χ3v) is 6.01. The van der Waals surface area contributed by atoms with Gasteiger partial charge in [0.05, 0.1) is 16.9 Å². The summed E-state index contributed by atoms with van der Waals surface area (Å²) >= 11 is 1.60. The minimum Gasteiger partial charge on any atom is -0.369 e. The summed E-state index contributed by atoms with van der Waals surface area (Å²) in [6.07, 6.45) is 5.92. The van der Waals surface area contributed by atoms with E-state index in [1.54, 1.807) is 11.3 Å². The first-order valence-electron chi connectivity index (χ1n) is 9.54. The van der Waals surface area contributed by atoms with Gasteiger partial charge in [-0.2, -0.15) is 0 Å². The SMILES string of the molecule is NC1CCCN(c2ccnc3ccc(-c4cccc(-c5nccs5)n4)cc23)C1. The van der Waals surface area contributed by atoms with Gasteiger partial charge >= 0.3 is 0 Å². The Morgan fingerprint density at radius 2 is 1.96 bits per heavy atom. The average molecular weight is 388 g/mol. The van der Waals surface area contributed by atoms with Crippen LogP contribution in [0.25, 0.3) is 32.9 Å². The summed E-state index contributed by atoms with van der Waals surface area (Å²) in [4.78, 5) is 16.2. The molecule has 5 rings (SSSR count). The number of hydrogen-bond acceptors (Lipinski definition) is 6. The second-order valence-electron chi connectivity index (χ2n) is 7.16. The van der Waals surface area contributed by atoms with Crippen molar-refractivity contribution in [3.05, 3.63) is 60.2 Å². The van der Waals surface area contributed by atoms with E-state index in [0.29, 0.717) is 0 Å². The van der Waals surface area contributed by atoms with Crippen LogP contribution in [0.15, 0.2) is 60.2 Å². The highest BCUT2D eigenvalue weighted by atomic mass is 32.1. The normalized spacial score (nSPS) is 17.2. The highest BCUT2D eigenvalue weighted by molar-refractivity contribution is 7.13. The molecular formula is C22H21N5S. The molecule has 0 bridgehead atoms. The van der Waals surface area contributed by atoms with Gasteiger partial charge < -0.3 is 10.6 Å². The summed E-state index contributed by atoms with van der Waals surface area (Å²) in [6.45, 7) is 1.93. The first-order valence-corrected chi connectivity index (χ1v) is 10.4. The molecule has 1 aliphatic heterocycles. The van der Waals surface area contributed by atoms with E-state index >= 15 is 0 Å². The average Bonchev–Trinajstić information content (AvgIpc) is 3.28. The minimum atomic E-state index is 0.233. The zero-order valence-corrected chi connectivity index (χ0v) is 16.3. The van der Waals surface area contributed by atoms with Crippen LogP contribution < -0.4 is 10.6 Å². The standard InChI is InChI=1S/C22H21N5S/c23-16-3-2-11-27(14-16)21-8-9-24-19-7-6-15(13-17(19)21)18-4-1-5-20(26-18)22-25-10-12-28-22/h1,4-10,12-13,16H,2-3,11,14,23H2. The highest BCUT2D eigenvalue weighted by Gasteiger charge is 2.19. The summed E-state index contributed by atoms with van der Waals surface area (Å²) in [5.41, 5.74) is 11.4. The Kier molecular flexibility index (Phi) is 4.50. The molecule has 4 aromatic rings. The predicted molar refractivity (Wildman–Crippen MR) is 116 cm³/mol. The van der Waals surface area contributed by atoms with Gasteiger partial charge in [0, 0.05) is 53.5 Å². The number of aromatic nitrogens is 3. The number of nitrogens with zero attached hydrogens (tertiary/aromatic N) is 4. The second kappa shape index (κ2) is 7.30. The van der Waals surface area contributed by atoms with Gasteiger partial charge in [0.25, 0.3) is 0 Å². The Labute approximate surface area is 167 Å². The van der Waals surface area contributed by atoms with Crippen molar-refractivity contribution in [2.45, 2.75) is 18.9 Å². The van der Waals surface area contributed by atoms with Gasteiger partial charge in [-0.25, -0.2) is 9.97 Å². The largest absolute Gasteiger partial charge is 0.369 e. The Bertz CT molecular complexity index is 1110. The summed E-state index contributed by atoms with van der Waals surface area (Å²) < 4.78 is 0. The van der Waals surface area contributed by atoms with Crippen molar-refractivity contribution in [2.75, 3.05) is 18.0 Å². The zero-order valence-electron chi connectivity index (χ0n) is 15.5. The number of thiazole rings is 1. The van der Waals surface area contributed by atoms with Crippen LogP contribution in [-0.4, -0.2) is 34.1 Å². The van der Waals surface area contributed by atoms with Crippen molar-refractivity contribution in [3.8, 4) is 22.0 Å². The summed E-state index contributed by atoms with van der Waals surface area (Å²) in [7, 11) is 0. The van der Waals surface area contributed by atoms with Crippen LogP contribution in [-0.2, 0) is 0 Å². The van der Waals surface area contributed by atoms with Gasteiger partial charge in [-0.3, -0.25) is 4.98 Å². The lowest BCUT2D eigenvalue weighted by molar-refractivity contribution is 0.507. The number of piperidine rings is 1. The van der Waals surface area contributed by atoms with Crippen LogP contribution in [0.5, 0.6) is 0 Å². The number of pyridine rings is 2. The van der Waals surface area contributed by atoms with E-state index in [9.17, 15) is 0 Å². The van der Waals surface area contributed by atoms with Gasteiger partial charge in [0.15, 0.2) is 0 Å². The highest BCUT2D eigenvalue weighted by Crippen LogP contribution is 2.32. The molecule has 5 nitrogen and oxygen atoms in total. The molecule has 0 spiro atoms. The Balaban J connectivity index is 1.58. The van der Waals surface area contributed by atoms with Crippen LogP contribution in [0.2, 0.25) is 0 Å². The van der Waals surface area contributed by atoms with Crippen LogP contribution in [0.3, 0.4) is 0 Å². The van der Waals surface area contributed by atoms with Crippen molar-refractivity contribution in [1.82, 2.24) is 15.0 Å². The van der Waals surface area contributed by atoms with Crippen molar-refractivity contribution in [1.29, 1.82) is 0 Å². The van der Waals surface area contributed by atoms with Crippen LogP contribution in [0.1, 0.15) is 12.8 Å². The number of benzene rings is 1. The smallest absolute Gasteiger partial charge is 0.141 e. The second-order valence-corrected chi connectivity index (χ2v) is 8.05. The summed E-state index contributed by atoms with van der Waals surface area (Å²) in [5, 5.41) is 4.06. The van der Waals surface area contributed by atoms with E-state index in [-0.39, 0.29) is 6.04 Å². The minimum absolute atomic E-state index is 0.233. The van der Waals surface area contributed by atoms with Crippen LogP contribution in [0, 0.1) is 0 Å². The Morgan fingerprint density at radius 1 is 1.04 bits per heavy atom. The molecule has 28 heavy (non-hydrogen) atoms. The van der Waals surface area contributed by atoms with Crippen molar-refractivity contribution in [2.24, 2.45) is 5.73 Å². The fraction of sp³-hybridized carbons (Fsp3) is 0.227. The van der Waals surface area contributed by atoms with Crippen LogP contribution >= 0.6 is 11.3 Å².